The topological polar surface area (TPSA) is 134 Å². The van der Waals surface area contributed by atoms with Gasteiger partial charge in [-0.2, -0.15) is 0 Å². The number of hydrogen-bond acceptors (Lipinski definition) is 12. The van der Waals surface area contributed by atoms with Gasteiger partial charge in [-0.3, -0.25) is 19.6 Å². The molecule has 0 N–H and O–H groups in total. The Morgan fingerprint density at radius 2 is 0.932 bits per heavy atom. The minimum absolute atomic E-state index is 0.00382. The van der Waals surface area contributed by atoms with Gasteiger partial charge in [0, 0.05) is 23.2 Å². The lowest BCUT2D eigenvalue weighted by Crippen LogP contribution is -2.14. The van der Waals surface area contributed by atoms with E-state index in [0.29, 0.717) is 34.5 Å². The van der Waals surface area contributed by atoms with E-state index in [1.165, 1.54) is 0 Å². The van der Waals surface area contributed by atoms with Crippen LogP contribution < -0.4 is 28.4 Å². The summed E-state index contributed by atoms with van der Waals surface area (Å²) in [5, 5.41) is 1.68. The van der Waals surface area contributed by atoms with Crippen LogP contribution in [0.15, 0.2) is 85.2 Å². The number of fused-ring (bicyclic) bond motifs is 2. The lowest BCUT2D eigenvalue weighted by Gasteiger charge is -2.18. The molecule has 0 saturated carbocycles. The van der Waals surface area contributed by atoms with Gasteiger partial charge in [-0.05, 0) is 124 Å². The van der Waals surface area contributed by atoms with Crippen molar-refractivity contribution < 1.29 is 47.5 Å². The van der Waals surface area contributed by atoms with Crippen LogP contribution in [0, 0.1) is 13.8 Å². The van der Waals surface area contributed by atoms with Gasteiger partial charge in [0.25, 0.3) is 0 Å². The van der Waals surface area contributed by atoms with Crippen molar-refractivity contribution in [3.63, 3.8) is 0 Å². The lowest BCUT2D eigenvalue weighted by atomic mass is 10.1. The van der Waals surface area contributed by atoms with E-state index < -0.39 is 18.4 Å². The quantitative estimate of drug-likeness (QED) is 0.0606. The number of ether oxygens (including phenoxy) is 8. The average molecular weight is 803 g/mol. The molecule has 0 spiro atoms. The lowest BCUT2D eigenvalue weighted by molar-refractivity contribution is -0.156. The molecule has 0 amide bonds. The van der Waals surface area contributed by atoms with Crippen molar-refractivity contribution in [1.82, 2.24) is 9.97 Å². The number of aromatic nitrogens is 2. The van der Waals surface area contributed by atoms with E-state index in [1.54, 1.807) is 38.7 Å². The van der Waals surface area contributed by atoms with Crippen LogP contribution in [0.4, 0.5) is 0 Å². The number of aryl methyl sites for hydroxylation is 2. The number of benzene rings is 4. The SMILES string of the molecule is COc1ccc2ncc(COc3ccc(COC(=O)CC(=O)OCc4ccc(OCc5cnc6ccc(OC)cc6c5OC(C)C)cc4C)c(C)c3)c(OC(C)C)c2c1. The molecule has 2 aromatic heterocycles. The molecule has 0 aliphatic heterocycles. The number of esters is 2. The van der Waals surface area contributed by atoms with Crippen molar-refractivity contribution in [3.05, 3.63) is 119 Å². The first-order valence-corrected chi connectivity index (χ1v) is 19.4. The molecule has 0 radical (unpaired) electrons. The predicted octanol–water partition coefficient (Wildman–Crippen LogP) is 9.33. The molecule has 59 heavy (non-hydrogen) atoms. The van der Waals surface area contributed by atoms with Gasteiger partial charge in [-0.15, -0.1) is 0 Å². The monoisotopic (exact) mass is 802 g/mol. The molecule has 0 fully saturated rings. The van der Waals surface area contributed by atoms with E-state index in [-0.39, 0.29) is 38.6 Å². The third kappa shape index (κ3) is 10.9. The van der Waals surface area contributed by atoms with Crippen LogP contribution in [-0.2, 0) is 45.5 Å². The maximum atomic E-state index is 12.6. The molecule has 0 aliphatic rings. The molecule has 0 saturated heterocycles. The maximum Gasteiger partial charge on any atom is 0.317 e. The number of pyridine rings is 2. The van der Waals surface area contributed by atoms with E-state index in [4.69, 9.17) is 37.9 Å². The summed E-state index contributed by atoms with van der Waals surface area (Å²) >= 11 is 0. The normalized spacial score (nSPS) is 11.2. The van der Waals surface area contributed by atoms with Crippen LogP contribution in [0.5, 0.6) is 34.5 Å². The highest BCUT2D eigenvalue weighted by Crippen LogP contribution is 2.35. The van der Waals surface area contributed by atoms with Crippen molar-refractivity contribution >= 4 is 33.7 Å². The van der Waals surface area contributed by atoms with Gasteiger partial charge in [0.1, 0.15) is 67.3 Å². The smallest absolute Gasteiger partial charge is 0.317 e. The van der Waals surface area contributed by atoms with Crippen molar-refractivity contribution in [3.8, 4) is 34.5 Å². The molecule has 12 nitrogen and oxygen atoms in total. The fraction of sp³-hybridized carbons (Fsp3) is 0.319. The molecule has 0 atom stereocenters. The van der Waals surface area contributed by atoms with Crippen LogP contribution in [-0.4, -0.2) is 48.3 Å². The summed E-state index contributed by atoms with van der Waals surface area (Å²) in [6.07, 6.45) is 2.89. The zero-order valence-electron chi connectivity index (χ0n) is 34.8. The van der Waals surface area contributed by atoms with E-state index in [9.17, 15) is 9.59 Å². The maximum absolute atomic E-state index is 12.6. The molecule has 6 rings (SSSR count). The van der Waals surface area contributed by atoms with Crippen LogP contribution >= 0.6 is 0 Å². The highest BCUT2D eigenvalue weighted by Gasteiger charge is 2.18. The molecular weight excluding hydrogens is 753 g/mol. The summed E-state index contributed by atoms with van der Waals surface area (Å²) < 4.78 is 46.4. The van der Waals surface area contributed by atoms with Gasteiger partial charge in [-0.25, -0.2) is 0 Å². The van der Waals surface area contributed by atoms with Crippen molar-refractivity contribution in [2.24, 2.45) is 0 Å². The van der Waals surface area contributed by atoms with Gasteiger partial charge >= 0.3 is 11.9 Å². The summed E-state index contributed by atoms with van der Waals surface area (Å²) in [6.45, 7) is 12.1. The predicted molar refractivity (Wildman–Crippen MR) is 223 cm³/mol. The van der Waals surface area contributed by atoms with Crippen LogP contribution in [0.3, 0.4) is 0 Å². The van der Waals surface area contributed by atoms with E-state index in [1.807, 2.05) is 102 Å². The number of nitrogens with zero attached hydrogens (tertiary/aromatic N) is 2. The number of carbonyl (C=O) groups is 2. The first-order chi connectivity index (χ1) is 28.4. The van der Waals surface area contributed by atoms with Crippen molar-refractivity contribution in [2.45, 2.75) is 86.6 Å². The highest BCUT2D eigenvalue weighted by molar-refractivity contribution is 5.91. The number of carbonyl (C=O) groups excluding carboxylic acids is 2. The minimum atomic E-state index is -0.684. The van der Waals surface area contributed by atoms with Gasteiger partial charge in [0.05, 0.1) is 48.6 Å². The zero-order chi connectivity index (χ0) is 42.1. The Kier molecular flexibility index (Phi) is 13.7. The molecule has 0 aliphatic carbocycles. The first-order valence-electron chi connectivity index (χ1n) is 19.4. The summed E-state index contributed by atoms with van der Waals surface area (Å²) in [4.78, 5) is 34.4. The highest BCUT2D eigenvalue weighted by atomic mass is 16.6. The Labute approximate surface area is 344 Å². The largest absolute Gasteiger partial charge is 0.497 e. The Morgan fingerprint density at radius 3 is 1.31 bits per heavy atom. The van der Waals surface area contributed by atoms with Gasteiger partial charge < -0.3 is 37.9 Å². The van der Waals surface area contributed by atoms with Gasteiger partial charge in [0.15, 0.2) is 0 Å². The molecular formula is C47H50N2O10. The number of hydrogen-bond donors (Lipinski definition) is 0. The fourth-order valence-corrected chi connectivity index (χ4v) is 6.29. The fourth-order valence-electron chi connectivity index (χ4n) is 6.29. The molecule has 0 unspecified atom stereocenters. The summed E-state index contributed by atoms with van der Waals surface area (Å²) in [5.41, 5.74) is 6.45. The molecule has 0 bridgehead atoms. The Bertz CT molecular complexity index is 2280. The standard InChI is InChI=1S/C47H50N2O10/c1-28(2)58-46-34(22-48-42-15-13-36(52-7)19-40(42)46)26-54-38-11-9-32(30(5)17-38)24-56-44(50)21-45(51)57-25-33-10-12-39(18-31(33)6)55-27-35-23-49-43-16-14-37(53-8)20-41(43)47(35)59-29(3)4/h9-20,22-23,28-29H,21,24-27H2,1-8H3. The van der Waals surface area contributed by atoms with Crippen molar-refractivity contribution in [2.75, 3.05) is 14.2 Å². The molecule has 308 valence electrons. The van der Waals surface area contributed by atoms with Crippen molar-refractivity contribution in [1.29, 1.82) is 0 Å². The molecule has 2 heterocycles. The van der Waals surface area contributed by atoms with E-state index >= 15 is 0 Å². The second-order valence-electron chi connectivity index (χ2n) is 14.6. The second-order valence-corrected chi connectivity index (χ2v) is 14.6. The van der Waals surface area contributed by atoms with Gasteiger partial charge in [-0.1, -0.05) is 12.1 Å². The van der Waals surface area contributed by atoms with Gasteiger partial charge in [0.2, 0.25) is 0 Å². The van der Waals surface area contributed by atoms with Crippen LogP contribution in [0.1, 0.15) is 67.5 Å². The molecule has 4 aromatic carbocycles. The average Bonchev–Trinajstić information content (AvgIpc) is 3.21. The minimum Gasteiger partial charge on any atom is -0.497 e. The zero-order valence-corrected chi connectivity index (χ0v) is 34.8. The Hall–Kier alpha value is -6.56. The first kappa shape index (κ1) is 42.1. The summed E-state index contributed by atoms with van der Waals surface area (Å²) in [5.74, 6) is 2.70. The van der Waals surface area contributed by atoms with Crippen LogP contribution in [0.25, 0.3) is 21.8 Å². The summed E-state index contributed by atoms with van der Waals surface area (Å²) in [7, 11) is 3.24. The number of rotatable bonds is 18. The van der Waals surface area contributed by atoms with Crippen LogP contribution in [0.2, 0.25) is 0 Å². The molecule has 12 heteroatoms. The third-order valence-electron chi connectivity index (χ3n) is 9.39. The Morgan fingerprint density at radius 1 is 0.525 bits per heavy atom. The second kappa shape index (κ2) is 19.3. The molecule has 6 aromatic rings. The number of methoxy groups -OCH3 is 2. The Balaban J connectivity index is 0.978. The van der Waals surface area contributed by atoms with E-state index in [2.05, 4.69) is 9.97 Å². The van der Waals surface area contributed by atoms with E-state index in [0.717, 1.165) is 55.2 Å². The third-order valence-corrected chi connectivity index (χ3v) is 9.39. The summed E-state index contributed by atoms with van der Waals surface area (Å²) in [6, 6.07) is 22.3.